The molecule has 1 amide bonds. The monoisotopic (exact) mass is 439 g/mol. The van der Waals surface area contributed by atoms with Crippen molar-refractivity contribution in [1.29, 1.82) is 0 Å². The van der Waals surface area contributed by atoms with Crippen LogP contribution in [0.5, 0.6) is 5.75 Å². The highest BCUT2D eigenvalue weighted by Gasteiger charge is 2.08. The third kappa shape index (κ3) is 5.49. The highest BCUT2D eigenvalue weighted by atomic mass is 79.9. The number of nitrogens with one attached hydrogen (secondary N) is 1. The van der Waals surface area contributed by atoms with Crippen molar-refractivity contribution in [2.24, 2.45) is 5.10 Å². The minimum Gasteiger partial charge on any atom is -0.465 e. The summed E-state index contributed by atoms with van der Waals surface area (Å²) in [6.45, 7) is 0. The molecule has 28 heavy (non-hydrogen) atoms. The van der Waals surface area contributed by atoms with Gasteiger partial charge in [-0.15, -0.1) is 0 Å². The first-order valence-corrected chi connectivity index (χ1v) is 8.87. The van der Waals surface area contributed by atoms with E-state index in [1.165, 1.54) is 37.0 Å². The molecule has 3 rings (SSSR count). The Hall–Kier alpha value is -3.52. The lowest BCUT2D eigenvalue weighted by atomic mass is 10.2. The zero-order valence-corrected chi connectivity index (χ0v) is 16.0. The van der Waals surface area contributed by atoms with Crippen molar-refractivity contribution in [3.63, 3.8) is 0 Å². The van der Waals surface area contributed by atoms with E-state index in [1.807, 2.05) is 0 Å². The van der Waals surface area contributed by atoms with E-state index in [2.05, 4.69) is 31.4 Å². The van der Waals surface area contributed by atoms with Gasteiger partial charge in [0.2, 0.25) is 0 Å². The second kappa shape index (κ2) is 9.43. The highest BCUT2D eigenvalue weighted by Crippen LogP contribution is 2.22. The van der Waals surface area contributed by atoms with Gasteiger partial charge in [0.15, 0.2) is 0 Å². The summed E-state index contributed by atoms with van der Waals surface area (Å²) in [6.07, 6.45) is 8.69. The molecule has 0 bridgehead atoms. The zero-order valence-electron chi connectivity index (χ0n) is 14.4. The minimum atomic E-state index is -0.575. The van der Waals surface area contributed by atoms with E-state index in [4.69, 9.17) is 9.15 Å². The number of esters is 1. The van der Waals surface area contributed by atoms with Gasteiger partial charge in [-0.2, -0.15) is 5.10 Å². The molecule has 2 heterocycles. The molecule has 8 heteroatoms. The number of carbonyl (C=O) groups is 2. The van der Waals surface area contributed by atoms with Gasteiger partial charge in [-0.25, -0.2) is 10.2 Å². The second-order valence-electron chi connectivity index (χ2n) is 5.39. The maximum atomic E-state index is 12.0. The fraction of sp³-hybridized carbons (Fsp3) is 0. The Labute approximate surface area is 168 Å². The molecule has 0 fully saturated rings. The number of hydrogen-bond donors (Lipinski definition) is 1. The van der Waals surface area contributed by atoms with Crippen LogP contribution in [0.4, 0.5) is 0 Å². The Morgan fingerprint density at radius 2 is 2.00 bits per heavy atom. The van der Waals surface area contributed by atoms with Crippen molar-refractivity contribution < 1.29 is 18.7 Å². The van der Waals surface area contributed by atoms with Gasteiger partial charge in [0.25, 0.3) is 5.91 Å². The van der Waals surface area contributed by atoms with Crippen molar-refractivity contribution in [3.8, 4) is 5.75 Å². The van der Waals surface area contributed by atoms with Crippen LogP contribution in [0.2, 0.25) is 0 Å². The summed E-state index contributed by atoms with van der Waals surface area (Å²) in [5, 5.41) is 3.92. The molecule has 0 unspecified atom stereocenters. The van der Waals surface area contributed by atoms with Gasteiger partial charge >= 0.3 is 5.97 Å². The van der Waals surface area contributed by atoms with E-state index >= 15 is 0 Å². The van der Waals surface area contributed by atoms with Crippen LogP contribution in [0.3, 0.4) is 0 Å². The van der Waals surface area contributed by atoms with Gasteiger partial charge in [-0.3, -0.25) is 9.78 Å². The maximum Gasteiger partial charge on any atom is 0.336 e. The summed E-state index contributed by atoms with van der Waals surface area (Å²) in [4.78, 5) is 27.9. The number of hydrogen-bond acceptors (Lipinski definition) is 6. The third-order valence-electron chi connectivity index (χ3n) is 3.42. The van der Waals surface area contributed by atoms with Gasteiger partial charge < -0.3 is 9.15 Å². The van der Waals surface area contributed by atoms with Gasteiger partial charge in [0, 0.05) is 34.1 Å². The molecule has 0 radical (unpaired) electrons. The number of aromatic nitrogens is 1. The topological polar surface area (TPSA) is 93.8 Å². The Kier molecular flexibility index (Phi) is 6.48. The Morgan fingerprint density at radius 1 is 1.18 bits per heavy atom. The van der Waals surface area contributed by atoms with Crippen molar-refractivity contribution in [2.75, 3.05) is 0 Å². The van der Waals surface area contributed by atoms with E-state index < -0.39 is 5.97 Å². The molecule has 0 saturated heterocycles. The molecule has 0 aliphatic carbocycles. The molecular weight excluding hydrogens is 426 g/mol. The van der Waals surface area contributed by atoms with Crippen LogP contribution in [0.15, 0.2) is 81.2 Å². The number of halogens is 1. The number of pyridine rings is 1. The zero-order chi connectivity index (χ0) is 19.8. The number of rotatable bonds is 6. The predicted octanol–water partition coefficient (Wildman–Crippen LogP) is 3.82. The number of benzene rings is 1. The molecule has 3 aromatic rings. The normalized spacial score (nSPS) is 11.0. The van der Waals surface area contributed by atoms with Crippen LogP contribution in [-0.4, -0.2) is 23.1 Å². The summed E-state index contributed by atoms with van der Waals surface area (Å²) < 4.78 is 11.2. The van der Waals surface area contributed by atoms with Gasteiger partial charge in [-0.05, 0) is 48.5 Å². The summed E-state index contributed by atoms with van der Waals surface area (Å²) >= 11 is 3.35. The van der Waals surface area contributed by atoms with E-state index in [1.54, 1.807) is 42.5 Å². The third-order valence-corrected chi connectivity index (χ3v) is 3.91. The first-order chi connectivity index (χ1) is 13.6. The van der Waals surface area contributed by atoms with Crippen molar-refractivity contribution >= 4 is 40.1 Å². The average Bonchev–Trinajstić information content (AvgIpc) is 3.22. The van der Waals surface area contributed by atoms with E-state index in [9.17, 15) is 9.59 Å². The van der Waals surface area contributed by atoms with E-state index in [-0.39, 0.29) is 5.91 Å². The Morgan fingerprint density at radius 3 is 2.75 bits per heavy atom. The molecular formula is C20H14BrN3O4. The predicted molar refractivity (Wildman–Crippen MR) is 107 cm³/mol. The van der Waals surface area contributed by atoms with Crippen molar-refractivity contribution in [3.05, 3.63) is 88.6 Å². The summed E-state index contributed by atoms with van der Waals surface area (Å²) in [5.41, 5.74) is 3.34. The van der Waals surface area contributed by atoms with Crippen LogP contribution in [0.25, 0.3) is 6.08 Å². The maximum absolute atomic E-state index is 12.0. The van der Waals surface area contributed by atoms with Crippen LogP contribution >= 0.6 is 15.9 Å². The smallest absolute Gasteiger partial charge is 0.336 e. The molecule has 2 aromatic heterocycles. The molecule has 0 aliphatic heterocycles. The van der Waals surface area contributed by atoms with Crippen molar-refractivity contribution in [2.45, 2.75) is 0 Å². The van der Waals surface area contributed by atoms with Crippen LogP contribution < -0.4 is 10.2 Å². The van der Waals surface area contributed by atoms with Gasteiger partial charge in [-0.1, -0.05) is 15.9 Å². The molecule has 140 valence electrons. The molecule has 1 N–H and O–H groups in total. The number of ether oxygens (including phenoxy) is 1. The summed E-state index contributed by atoms with van der Waals surface area (Å²) in [7, 11) is 0. The fourth-order valence-corrected chi connectivity index (χ4v) is 2.50. The number of amides is 1. The molecule has 0 spiro atoms. The number of hydrazone groups is 1. The fourth-order valence-electron chi connectivity index (χ4n) is 2.12. The van der Waals surface area contributed by atoms with Gasteiger partial charge in [0.1, 0.15) is 11.5 Å². The Balaban J connectivity index is 1.68. The minimum absolute atomic E-state index is 0.291. The second-order valence-corrected chi connectivity index (χ2v) is 6.30. The summed E-state index contributed by atoms with van der Waals surface area (Å²) in [6, 6.07) is 11.6. The van der Waals surface area contributed by atoms with E-state index in [0.717, 1.165) is 4.47 Å². The first kappa shape index (κ1) is 19.2. The molecule has 0 atom stereocenters. The van der Waals surface area contributed by atoms with Crippen LogP contribution in [-0.2, 0) is 4.79 Å². The number of nitrogens with zero attached hydrogens (tertiary/aromatic N) is 2. The summed E-state index contributed by atoms with van der Waals surface area (Å²) in [5.74, 6) is -0.129. The SMILES string of the molecule is O=C(/C=C/c1ccco1)Oc1ccc(Br)cc1/C=N/NC(=O)c1ccncc1. The van der Waals surface area contributed by atoms with Crippen molar-refractivity contribution in [1.82, 2.24) is 10.4 Å². The lowest BCUT2D eigenvalue weighted by Crippen LogP contribution is -2.17. The van der Waals surface area contributed by atoms with Crippen LogP contribution in [0.1, 0.15) is 21.7 Å². The standard InChI is InChI=1S/C20H14BrN3O4/c21-16-3-5-18(28-19(25)6-4-17-2-1-11-27-17)15(12-16)13-23-24-20(26)14-7-9-22-10-8-14/h1-13H,(H,24,26)/b6-4+,23-13+. The number of furan rings is 1. The first-order valence-electron chi connectivity index (χ1n) is 8.08. The average molecular weight is 440 g/mol. The van der Waals surface area contributed by atoms with Crippen LogP contribution in [0, 0.1) is 0 Å². The quantitative estimate of drug-likeness (QED) is 0.207. The van der Waals surface area contributed by atoms with E-state index in [0.29, 0.717) is 22.6 Å². The largest absolute Gasteiger partial charge is 0.465 e. The number of carbonyl (C=O) groups excluding carboxylic acids is 2. The molecule has 0 saturated carbocycles. The molecule has 1 aromatic carbocycles. The van der Waals surface area contributed by atoms with Gasteiger partial charge in [0.05, 0.1) is 12.5 Å². The highest BCUT2D eigenvalue weighted by molar-refractivity contribution is 9.10. The lowest BCUT2D eigenvalue weighted by molar-refractivity contribution is -0.128. The molecule has 7 nitrogen and oxygen atoms in total. The molecule has 0 aliphatic rings. The lowest BCUT2D eigenvalue weighted by Gasteiger charge is -2.06. The Bertz CT molecular complexity index is 1020.